The van der Waals surface area contributed by atoms with E-state index in [0.29, 0.717) is 11.7 Å². The van der Waals surface area contributed by atoms with E-state index >= 15 is 0 Å². The molecule has 0 saturated heterocycles. The van der Waals surface area contributed by atoms with Crippen molar-refractivity contribution < 1.29 is 4.52 Å². The molecule has 0 amide bonds. The molecule has 80 valence electrons. The fourth-order valence-corrected chi connectivity index (χ4v) is 2.52. The van der Waals surface area contributed by atoms with Crippen molar-refractivity contribution in [3.8, 4) is 21.5 Å². The highest BCUT2D eigenvalue weighted by Gasteiger charge is 2.14. The fraction of sp³-hybridized carbons (Fsp3) is 0.111. The zero-order valence-corrected chi connectivity index (χ0v) is 9.88. The maximum Gasteiger partial charge on any atom is 0.270 e. The van der Waals surface area contributed by atoms with Gasteiger partial charge in [0, 0.05) is 6.20 Å². The maximum atomic E-state index is 5.20. The van der Waals surface area contributed by atoms with E-state index in [1.165, 1.54) is 22.7 Å². The van der Waals surface area contributed by atoms with Gasteiger partial charge in [-0.05, 0) is 6.92 Å². The van der Waals surface area contributed by atoms with Crippen molar-refractivity contribution in [2.75, 3.05) is 0 Å². The first kappa shape index (κ1) is 9.61. The highest BCUT2D eigenvalue weighted by Crippen LogP contribution is 2.28. The molecule has 0 aromatic carbocycles. The van der Waals surface area contributed by atoms with Gasteiger partial charge in [-0.2, -0.15) is 4.98 Å². The zero-order chi connectivity index (χ0) is 11.0. The van der Waals surface area contributed by atoms with Crippen molar-refractivity contribution in [2.45, 2.75) is 6.92 Å². The van der Waals surface area contributed by atoms with Gasteiger partial charge in [-0.25, -0.2) is 4.98 Å². The summed E-state index contributed by atoms with van der Waals surface area (Å²) in [6.45, 7) is 1.92. The molecule has 0 aliphatic carbocycles. The highest BCUT2D eigenvalue weighted by molar-refractivity contribution is 7.13. The third kappa shape index (κ3) is 1.54. The average Bonchev–Trinajstić information content (AvgIpc) is 2.96. The molecule has 0 spiro atoms. The van der Waals surface area contributed by atoms with Crippen molar-refractivity contribution >= 4 is 22.7 Å². The predicted molar refractivity (Wildman–Crippen MR) is 61.3 cm³/mol. The van der Waals surface area contributed by atoms with Crippen LogP contribution in [-0.4, -0.2) is 20.1 Å². The third-order valence-electron chi connectivity index (χ3n) is 2.02. The van der Waals surface area contributed by atoms with Crippen LogP contribution >= 0.6 is 22.7 Å². The lowest BCUT2D eigenvalue weighted by Crippen LogP contribution is -1.78. The molecule has 3 rings (SSSR count). The van der Waals surface area contributed by atoms with Crippen LogP contribution in [-0.2, 0) is 0 Å². The number of rotatable bonds is 2. The summed E-state index contributed by atoms with van der Waals surface area (Å²) in [4.78, 5) is 14.3. The SMILES string of the molecule is Cc1ncsc1-c1nc(-c2cncs2)no1. The van der Waals surface area contributed by atoms with E-state index in [2.05, 4.69) is 20.1 Å². The number of aromatic nitrogens is 4. The minimum Gasteiger partial charge on any atom is -0.333 e. The van der Waals surface area contributed by atoms with E-state index < -0.39 is 0 Å². The van der Waals surface area contributed by atoms with Crippen molar-refractivity contribution in [1.82, 2.24) is 20.1 Å². The van der Waals surface area contributed by atoms with Crippen molar-refractivity contribution in [3.05, 3.63) is 22.9 Å². The van der Waals surface area contributed by atoms with Gasteiger partial charge in [-0.3, -0.25) is 4.98 Å². The molecule has 7 heteroatoms. The summed E-state index contributed by atoms with van der Waals surface area (Å²) in [5.41, 5.74) is 4.41. The van der Waals surface area contributed by atoms with Gasteiger partial charge >= 0.3 is 0 Å². The first-order chi connectivity index (χ1) is 7.84. The van der Waals surface area contributed by atoms with E-state index in [9.17, 15) is 0 Å². The summed E-state index contributed by atoms with van der Waals surface area (Å²) in [5, 5.41) is 3.92. The molecule has 3 aromatic heterocycles. The molecule has 0 atom stereocenters. The van der Waals surface area contributed by atoms with Gasteiger partial charge in [0.2, 0.25) is 5.82 Å². The van der Waals surface area contributed by atoms with Crippen LogP contribution in [0.3, 0.4) is 0 Å². The highest BCUT2D eigenvalue weighted by atomic mass is 32.1. The first-order valence-electron chi connectivity index (χ1n) is 4.47. The number of nitrogens with zero attached hydrogens (tertiary/aromatic N) is 4. The van der Waals surface area contributed by atoms with Gasteiger partial charge in [-0.15, -0.1) is 22.7 Å². The molecule has 0 aliphatic rings. The Kier molecular flexibility index (Phi) is 2.26. The lowest BCUT2D eigenvalue weighted by Gasteiger charge is -1.86. The molecule has 0 radical (unpaired) electrons. The lowest BCUT2D eigenvalue weighted by atomic mass is 10.4. The van der Waals surface area contributed by atoms with Gasteiger partial charge in [0.15, 0.2) is 0 Å². The van der Waals surface area contributed by atoms with Crippen molar-refractivity contribution in [3.63, 3.8) is 0 Å². The van der Waals surface area contributed by atoms with Crippen LogP contribution in [0.4, 0.5) is 0 Å². The van der Waals surface area contributed by atoms with Crippen LogP contribution in [0.15, 0.2) is 21.7 Å². The van der Waals surface area contributed by atoms with Crippen LogP contribution in [0.1, 0.15) is 5.69 Å². The Morgan fingerprint density at radius 3 is 2.88 bits per heavy atom. The number of hydrogen-bond donors (Lipinski definition) is 0. The predicted octanol–water partition coefficient (Wildman–Crippen LogP) is 2.63. The van der Waals surface area contributed by atoms with Crippen LogP contribution < -0.4 is 0 Å². The normalized spacial score (nSPS) is 10.8. The first-order valence-corrected chi connectivity index (χ1v) is 6.23. The summed E-state index contributed by atoms with van der Waals surface area (Å²) in [6.07, 6.45) is 1.72. The van der Waals surface area contributed by atoms with E-state index in [1.807, 2.05) is 6.92 Å². The molecule has 5 nitrogen and oxygen atoms in total. The van der Waals surface area contributed by atoms with E-state index in [-0.39, 0.29) is 0 Å². The molecule has 0 fully saturated rings. The van der Waals surface area contributed by atoms with Crippen LogP contribution in [0, 0.1) is 6.92 Å². The summed E-state index contributed by atoms with van der Waals surface area (Å²) >= 11 is 2.98. The largest absolute Gasteiger partial charge is 0.333 e. The van der Waals surface area contributed by atoms with E-state index in [1.54, 1.807) is 17.2 Å². The Morgan fingerprint density at radius 1 is 1.25 bits per heavy atom. The Morgan fingerprint density at radius 2 is 2.19 bits per heavy atom. The summed E-state index contributed by atoms with van der Waals surface area (Å²) in [6, 6.07) is 0. The summed E-state index contributed by atoms with van der Waals surface area (Å²) < 4.78 is 5.20. The van der Waals surface area contributed by atoms with Gasteiger partial charge in [0.25, 0.3) is 5.89 Å². The molecular weight excluding hydrogens is 244 g/mol. The van der Waals surface area contributed by atoms with Crippen LogP contribution in [0.5, 0.6) is 0 Å². The van der Waals surface area contributed by atoms with Gasteiger partial charge < -0.3 is 4.52 Å². The average molecular weight is 250 g/mol. The monoisotopic (exact) mass is 250 g/mol. The molecule has 0 unspecified atom stereocenters. The van der Waals surface area contributed by atoms with Crippen molar-refractivity contribution in [1.29, 1.82) is 0 Å². The molecule has 0 saturated carbocycles. The standard InChI is InChI=1S/C9H6N4OS2/c1-5-7(16-4-11-5)9-12-8(13-14-9)6-2-10-3-15-6/h2-4H,1H3. The molecular formula is C9H6N4OS2. The minimum atomic E-state index is 0.517. The second kappa shape index (κ2) is 3.76. The molecule has 3 aromatic rings. The summed E-state index contributed by atoms with van der Waals surface area (Å²) in [5.74, 6) is 1.09. The molecule has 16 heavy (non-hydrogen) atoms. The Hall–Kier alpha value is -1.60. The minimum absolute atomic E-state index is 0.517. The Bertz CT molecular complexity index is 599. The quantitative estimate of drug-likeness (QED) is 0.699. The van der Waals surface area contributed by atoms with Gasteiger partial charge in [0.1, 0.15) is 4.88 Å². The van der Waals surface area contributed by atoms with Crippen molar-refractivity contribution in [2.24, 2.45) is 0 Å². The second-order valence-electron chi connectivity index (χ2n) is 3.06. The third-order valence-corrected chi connectivity index (χ3v) is 3.70. The van der Waals surface area contributed by atoms with E-state index in [4.69, 9.17) is 4.52 Å². The number of thiazole rings is 2. The molecule has 0 bridgehead atoms. The van der Waals surface area contributed by atoms with Gasteiger partial charge in [-0.1, -0.05) is 5.16 Å². The summed E-state index contributed by atoms with van der Waals surface area (Å²) in [7, 11) is 0. The lowest BCUT2D eigenvalue weighted by molar-refractivity contribution is 0.433. The topological polar surface area (TPSA) is 64.7 Å². The van der Waals surface area contributed by atoms with Gasteiger partial charge in [0.05, 0.1) is 21.6 Å². The van der Waals surface area contributed by atoms with Crippen LogP contribution in [0.25, 0.3) is 21.5 Å². The zero-order valence-electron chi connectivity index (χ0n) is 8.25. The molecule has 0 N–H and O–H groups in total. The number of hydrogen-bond acceptors (Lipinski definition) is 7. The molecule has 3 heterocycles. The van der Waals surface area contributed by atoms with E-state index in [0.717, 1.165) is 15.4 Å². The smallest absolute Gasteiger partial charge is 0.270 e. The fourth-order valence-electron chi connectivity index (χ4n) is 1.25. The van der Waals surface area contributed by atoms with Crippen LogP contribution in [0.2, 0.25) is 0 Å². The number of aryl methyl sites for hydroxylation is 1. The second-order valence-corrected chi connectivity index (χ2v) is 4.80. The maximum absolute atomic E-state index is 5.20. The Balaban J connectivity index is 2.03. The molecule has 0 aliphatic heterocycles. The Labute approximate surface area is 98.8 Å².